The number of fused-ring (bicyclic) bond motifs is 6. The van der Waals surface area contributed by atoms with Gasteiger partial charge in [0, 0.05) is 23.3 Å². The van der Waals surface area contributed by atoms with Crippen molar-refractivity contribution in [2.24, 2.45) is 0 Å². The largest absolute Gasteiger partial charge is 0.490 e. The topological polar surface area (TPSA) is 178 Å². The van der Waals surface area contributed by atoms with Gasteiger partial charge in [-0.2, -0.15) is 31.3 Å². The molecular formula is C28H22ClF6N7O5. The van der Waals surface area contributed by atoms with Crippen molar-refractivity contribution in [1.82, 2.24) is 15.0 Å². The highest BCUT2D eigenvalue weighted by molar-refractivity contribution is 6.32. The van der Waals surface area contributed by atoms with Gasteiger partial charge in [0.1, 0.15) is 10.8 Å². The fourth-order valence-corrected chi connectivity index (χ4v) is 3.71. The lowest BCUT2D eigenvalue weighted by molar-refractivity contribution is -0.193. The van der Waals surface area contributed by atoms with Gasteiger partial charge in [0.25, 0.3) is 0 Å². The second-order valence-electron chi connectivity index (χ2n) is 9.11. The molecule has 4 aromatic rings. The van der Waals surface area contributed by atoms with E-state index in [0.717, 1.165) is 35.3 Å². The minimum atomic E-state index is -5.08. The molecule has 19 heteroatoms. The summed E-state index contributed by atoms with van der Waals surface area (Å²) in [6, 6.07) is 18.8. The molecule has 1 aliphatic rings. The molecule has 5 rings (SSSR count). The highest BCUT2D eigenvalue weighted by Gasteiger charge is 2.38. The van der Waals surface area contributed by atoms with Crippen LogP contribution >= 0.6 is 11.6 Å². The van der Waals surface area contributed by atoms with Crippen LogP contribution in [0.2, 0.25) is 5.02 Å². The Morgan fingerprint density at radius 2 is 1.45 bits per heavy atom. The number of hydrogen-bond acceptors (Lipinski definition) is 8. The molecule has 0 saturated heterocycles. The number of benzene rings is 2. The van der Waals surface area contributed by atoms with Gasteiger partial charge in [-0.05, 0) is 66.4 Å². The Balaban J connectivity index is 0.000000360. The summed E-state index contributed by atoms with van der Waals surface area (Å²) in [5, 5.41) is 26.8. The van der Waals surface area contributed by atoms with Crippen LogP contribution in [0.3, 0.4) is 0 Å². The number of carbonyl (C=O) groups is 3. The molecule has 12 nitrogen and oxygen atoms in total. The molecule has 0 saturated carbocycles. The van der Waals surface area contributed by atoms with Crippen LogP contribution in [0.1, 0.15) is 11.1 Å². The number of carbonyl (C=O) groups excluding carboxylic acids is 1. The normalized spacial score (nSPS) is 11.9. The van der Waals surface area contributed by atoms with Crippen molar-refractivity contribution in [1.29, 1.82) is 0 Å². The number of rotatable bonds is 2. The lowest BCUT2D eigenvalue weighted by Gasteiger charge is -2.15. The number of carboxylic acids is 2. The lowest BCUT2D eigenvalue weighted by Crippen LogP contribution is -2.21. The molecule has 3 heterocycles. The monoisotopic (exact) mass is 685 g/mol. The molecule has 0 fully saturated rings. The number of carboxylic acid groups (broad SMARTS) is 2. The van der Waals surface area contributed by atoms with E-state index in [4.69, 9.17) is 31.4 Å². The second-order valence-corrected chi connectivity index (χ2v) is 9.52. The molecule has 47 heavy (non-hydrogen) atoms. The van der Waals surface area contributed by atoms with Crippen molar-refractivity contribution < 1.29 is 50.9 Å². The summed E-state index contributed by atoms with van der Waals surface area (Å²) in [5.74, 6) is -4.10. The van der Waals surface area contributed by atoms with Crippen molar-refractivity contribution >= 4 is 64.2 Å². The molecule has 248 valence electrons. The highest BCUT2D eigenvalue weighted by atomic mass is 35.5. The fraction of sp³-hybridized carbons (Fsp3) is 0.143. The van der Waals surface area contributed by atoms with Crippen LogP contribution in [0.15, 0.2) is 73.1 Å². The van der Waals surface area contributed by atoms with Gasteiger partial charge in [-0.3, -0.25) is 5.32 Å². The Kier molecular flexibility index (Phi) is 11.9. The van der Waals surface area contributed by atoms with Gasteiger partial charge in [0.2, 0.25) is 5.95 Å². The zero-order valence-corrected chi connectivity index (χ0v) is 24.2. The minimum absolute atomic E-state index is 0.358. The van der Waals surface area contributed by atoms with Gasteiger partial charge in [-0.25, -0.2) is 24.4 Å². The number of amides is 2. The van der Waals surface area contributed by atoms with Gasteiger partial charge in [0.15, 0.2) is 5.82 Å². The summed E-state index contributed by atoms with van der Waals surface area (Å²) in [5.41, 5.74) is 4.53. The van der Waals surface area contributed by atoms with E-state index in [9.17, 15) is 31.1 Å². The molecule has 0 atom stereocenters. The molecule has 0 spiro atoms. The van der Waals surface area contributed by atoms with Crippen LogP contribution in [0, 0.1) is 0 Å². The third-order valence-corrected chi connectivity index (χ3v) is 5.89. The molecule has 2 aromatic carbocycles. The number of aromatic nitrogens is 3. The molecule has 6 N–H and O–H groups in total. The Morgan fingerprint density at radius 1 is 0.787 bits per heavy atom. The maximum absolute atomic E-state index is 12.6. The predicted molar refractivity (Wildman–Crippen MR) is 158 cm³/mol. The van der Waals surface area contributed by atoms with Crippen molar-refractivity contribution in [3.05, 3.63) is 89.2 Å². The second kappa shape index (κ2) is 15.6. The van der Waals surface area contributed by atoms with Gasteiger partial charge in [-0.15, -0.1) is 0 Å². The first kappa shape index (κ1) is 35.8. The Morgan fingerprint density at radius 3 is 2.06 bits per heavy atom. The molecule has 2 aromatic heterocycles. The lowest BCUT2D eigenvalue weighted by atomic mass is 10.0. The average molecular weight is 686 g/mol. The summed E-state index contributed by atoms with van der Waals surface area (Å²) >= 11 is 6.32. The molecule has 6 bridgehead atoms. The molecule has 0 aliphatic carbocycles. The van der Waals surface area contributed by atoms with Crippen LogP contribution in [0.4, 0.5) is 65.8 Å². The standard InChI is InChI=1S/C24H20ClN7O.2C2HF3O2/c25-19-14-27-23-29-17-5-3-4-15(12-17)7-8-16-13-18(28-22(19)32-23)9-10-20(16)30-24(33)31-21-6-1-2-11-26-21;2*3-2(4,5)1(6)7/h1-6,9-14H,7-8H2,(H2,26,30,31,33)(H2,27,28,29,32);2*(H,6,7). The number of aliphatic carboxylic acids is 2. The minimum Gasteiger partial charge on any atom is -0.475 e. The van der Waals surface area contributed by atoms with E-state index in [-0.39, 0.29) is 6.03 Å². The highest BCUT2D eigenvalue weighted by Crippen LogP contribution is 2.29. The molecule has 0 radical (unpaired) electrons. The van der Waals surface area contributed by atoms with Crippen molar-refractivity contribution in [2.75, 3.05) is 21.3 Å². The third kappa shape index (κ3) is 11.7. The van der Waals surface area contributed by atoms with Crippen LogP contribution in [-0.4, -0.2) is 55.5 Å². The van der Waals surface area contributed by atoms with Crippen LogP contribution in [0.5, 0.6) is 0 Å². The summed E-state index contributed by atoms with van der Waals surface area (Å²) < 4.78 is 63.5. The predicted octanol–water partition coefficient (Wildman–Crippen LogP) is 7.02. The van der Waals surface area contributed by atoms with Gasteiger partial charge < -0.3 is 26.2 Å². The molecule has 1 aliphatic heterocycles. The number of nitrogens with one attached hydrogen (secondary N) is 4. The smallest absolute Gasteiger partial charge is 0.475 e. The Labute approximate surface area is 265 Å². The van der Waals surface area contributed by atoms with Gasteiger partial charge in [0.05, 0.1) is 6.20 Å². The first-order valence-electron chi connectivity index (χ1n) is 12.9. The molecular weight excluding hydrogens is 664 g/mol. The van der Waals surface area contributed by atoms with E-state index in [1.807, 2.05) is 36.4 Å². The van der Waals surface area contributed by atoms with Crippen LogP contribution in [-0.2, 0) is 22.4 Å². The van der Waals surface area contributed by atoms with E-state index < -0.39 is 24.3 Å². The van der Waals surface area contributed by atoms with Crippen molar-refractivity contribution in [3.63, 3.8) is 0 Å². The van der Waals surface area contributed by atoms with Gasteiger partial charge >= 0.3 is 30.3 Å². The SMILES string of the molecule is O=C(Nc1ccccn1)Nc1ccc2cc1CCc1cccc(c1)Nc1ncc(Cl)c(n1)N2.O=C(O)C(F)(F)F.O=C(O)C(F)(F)F. The van der Waals surface area contributed by atoms with Crippen LogP contribution < -0.4 is 21.3 Å². The number of pyridine rings is 1. The third-order valence-electron chi connectivity index (χ3n) is 5.62. The Bertz CT molecular complexity index is 1700. The number of anilines is 6. The number of nitrogens with zero attached hydrogens (tertiary/aromatic N) is 3. The summed E-state index contributed by atoms with van der Waals surface area (Å²) in [6.07, 6.45) is -5.48. The van der Waals surface area contributed by atoms with E-state index in [1.54, 1.807) is 24.5 Å². The van der Waals surface area contributed by atoms with E-state index >= 15 is 0 Å². The average Bonchev–Trinajstić information content (AvgIpc) is 2.99. The summed E-state index contributed by atoms with van der Waals surface area (Å²) in [6.45, 7) is 0. The van der Waals surface area contributed by atoms with Gasteiger partial charge in [-0.1, -0.05) is 29.8 Å². The summed E-state index contributed by atoms with van der Waals surface area (Å²) in [4.78, 5) is 43.3. The maximum Gasteiger partial charge on any atom is 0.490 e. The zero-order valence-electron chi connectivity index (χ0n) is 23.4. The van der Waals surface area contributed by atoms with E-state index in [2.05, 4.69) is 48.4 Å². The molecule has 0 unspecified atom stereocenters. The Hall–Kier alpha value is -5.65. The molecule has 2 amide bonds. The number of hydrogen-bond donors (Lipinski definition) is 6. The van der Waals surface area contributed by atoms with Crippen molar-refractivity contribution in [3.8, 4) is 0 Å². The van der Waals surface area contributed by atoms with Crippen LogP contribution in [0.25, 0.3) is 0 Å². The zero-order chi connectivity index (χ0) is 34.8. The number of alkyl halides is 6. The first-order valence-corrected chi connectivity index (χ1v) is 13.3. The fourth-order valence-electron chi connectivity index (χ4n) is 3.57. The first-order chi connectivity index (χ1) is 22.0. The maximum atomic E-state index is 12.6. The quantitative estimate of drug-likeness (QED) is 0.120. The number of aryl methyl sites for hydroxylation is 2. The number of urea groups is 1. The van der Waals surface area contributed by atoms with Crippen molar-refractivity contribution in [2.45, 2.75) is 25.2 Å². The van der Waals surface area contributed by atoms with E-state index in [1.165, 1.54) is 0 Å². The van der Waals surface area contributed by atoms with E-state index in [0.29, 0.717) is 28.3 Å². The summed E-state index contributed by atoms with van der Waals surface area (Å²) in [7, 11) is 0. The number of halogens is 7.